The summed E-state index contributed by atoms with van der Waals surface area (Å²) in [6.45, 7) is 0.157. The summed E-state index contributed by atoms with van der Waals surface area (Å²) in [5.41, 5.74) is 1.68. The molecule has 0 spiro atoms. The molecule has 1 heterocycles. The molecule has 0 aliphatic carbocycles. The highest BCUT2D eigenvalue weighted by atomic mass is 19.1. The van der Waals surface area contributed by atoms with Crippen molar-refractivity contribution >= 4 is 5.91 Å². The van der Waals surface area contributed by atoms with Gasteiger partial charge in [-0.05, 0) is 54.1 Å². The van der Waals surface area contributed by atoms with Crippen LogP contribution in [0.15, 0.2) is 83.4 Å². The van der Waals surface area contributed by atoms with Crippen molar-refractivity contribution < 1.29 is 18.4 Å². The molecule has 3 aromatic carbocycles. The van der Waals surface area contributed by atoms with Gasteiger partial charge < -0.3 is 14.6 Å². The topological polar surface area (TPSA) is 77.2 Å². The van der Waals surface area contributed by atoms with E-state index >= 15 is 0 Å². The van der Waals surface area contributed by atoms with E-state index in [0.717, 1.165) is 11.1 Å². The molecule has 0 fully saturated rings. The van der Waals surface area contributed by atoms with Crippen LogP contribution in [0.1, 0.15) is 11.5 Å². The average Bonchev–Trinajstić information content (AvgIpc) is 3.24. The van der Waals surface area contributed by atoms with Crippen molar-refractivity contribution in [3.63, 3.8) is 0 Å². The van der Waals surface area contributed by atoms with Crippen LogP contribution >= 0.6 is 0 Å². The third-order valence-electron chi connectivity index (χ3n) is 4.27. The molecular weight excluding hydrogens is 385 g/mol. The zero-order valence-electron chi connectivity index (χ0n) is 15.9. The molecule has 0 radical (unpaired) electrons. The number of carbonyl (C=O) groups is 1. The van der Waals surface area contributed by atoms with E-state index in [0.29, 0.717) is 23.2 Å². The Labute approximate surface area is 172 Å². The van der Waals surface area contributed by atoms with Crippen molar-refractivity contribution in [2.24, 2.45) is 0 Å². The molecule has 6 nitrogen and oxygen atoms in total. The summed E-state index contributed by atoms with van der Waals surface area (Å²) in [5.74, 6) is 1.43. The van der Waals surface area contributed by atoms with Crippen LogP contribution in [0, 0.1) is 5.82 Å². The van der Waals surface area contributed by atoms with Gasteiger partial charge in [0, 0.05) is 5.56 Å². The van der Waals surface area contributed by atoms with Crippen molar-refractivity contribution in [1.29, 1.82) is 0 Å². The number of nitrogens with zero attached hydrogens (tertiary/aromatic N) is 2. The van der Waals surface area contributed by atoms with Crippen LogP contribution in [0.4, 0.5) is 4.39 Å². The molecule has 0 unspecified atom stereocenters. The van der Waals surface area contributed by atoms with Gasteiger partial charge in [0.2, 0.25) is 17.6 Å². The first kappa shape index (κ1) is 19.3. The summed E-state index contributed by atoms with van der Waals surface area (Å²) >= 11 is 0. The largest absolute Gasteiger partial charge is 0.457 e. The SMILES string of the molecule is O=C(Cc1ccccc1)NCc1nc(-c2ccc(Oc3ccc(F)cc3)cc2)no1. The second-order valence-corrected chi connectivity index (χ2v) is 6.53. The van der Waals surface area contributed by atoms with Crippen molar-refractivity contribution in [3.05, 3.63) is 96.1 Å². The van der Waals surface area contributed by atoms with Crippen molar-refractivity contribution in [2.75, 3.05) is 0 Å². The third-order valence-corrected chi connectivity index (χ3v) is 4.27. The summed E-state index contributed by atoms with van der Waals surface area (Å²) in [6.07, 6.45) is 0.289. The molecule has 0 aliphatic heterocycles. The number of ether oxygens (including phenoxy) is 1. The van der Waals surface area contributed by atoms with Crippen molar-refractivity contribution in [2.45, 2.75) is 13.0 Å². The van der Waals surface area contributed by atoms with Gasteiger partial charge in [-0.2, -0.15) is 4.98 Å². The second kappa shape index (κ2) is 9.00. The molecule has 0 saturated heterocycles. The lowest BCUT2D eigenvalue weighted by Crippen LogP contribution is -2.24. The molecule has 150 valence electrons. The first-order valence-electron chi connectivity index (χ1n) is 9.33. The highest BCUT2D eigenvalue weighted by Crippen LogP contribution is 2.24. The Hall–Kier alpha value is -4.00. The molecule has 4 aromatic rings. The van der Waals surface area contributed by atoms with Gasteiger partial charge in [0.25, 0.3) is 0 Å². The lowest BCUT2D eigenvalue weighted by Gasteiger charge is -2.05. The number of nitrogens with one attached hydrogen (secondary N) is 1. The van der Waals surface area contributed by atoms with E-state index in [1.54, 1.807) is 36.4 Å². The fourth-order valence-corrected chi connectivity index (χ4v) is 2.77. The fraction of sp³-hybridized carbons (Fsp3) is 0.0870. The van der Waals surface area contributed by atoms with Gasteiger partial charge in [0.05, 0.1) is 13.0 Å². The van der Waals surface area contributed by atoms with Crippen LogP contribution in [0.25, 0.3) is 11.4 Å². The zero-order valence-corrected chi connectivity index (χ0v) is 15.9. The maximum Gasteiger partial charge on any atom is 0.246 e. The number of carbonyl (C=O) groups excluding carboxylic acids is 1. The highest BCUT2D eigenvalue weighted by molar-refractivity contribution is 5.78. The second-order valence-electron chi connectivity index (χ2n) is 6.53. The molecule has 4 rings (SSSR count). The highest BCUT2D eigenvalue weighted by Gasteiger charge is 2.11. The van der Waals surface area contributed by atoms with E-state index < -0.39 is 0 Å². The van der Waals surface area contributed by atoms with E-state index in [4.69, 9.17) is 9.26 Å². The Morgan fingerprint density at radius 3 is 2.30 bits per heavy atom. The number of aromatic nitrogens is 2. The van der Waals surface area contributed by atoms with E-state index in [1.807, 2.05) is 30.3 Å². The Bertz CT molecular complexity index is 1110. The first-order valence-corrected chi connectivity index (χ1v) is 9.33. The Morgan fingerprint density at radius 1 is 0.933 bits per heavy atom. The molecule has 1 aromatic heterocycles. The number of halogens is 1. The molecule has 0 atom stereocenters. The van der Waals surface area contributed by atoms with Gasteiger partial charge in [-0.25, -0.2) is 4.39 Å². The molecule has 1 amide bonds. The molecule has 1 N–H and O–H groups in total. The average molecular weight is 403 g/mol. The Morgan fingerprint density at radius 2 is 1.60 bits per heavy atom. The van der Waals surface area contributed by atoms with Gasteiger partial charge in [-0.15, -0.1) is 0 Å². The third kappa shape index (κ3) is 5.08. The van der Waals surface area contributed by atoms with Crippen molar-refractivity contribution in [3.8, 4) is 22.9 Å². The summed E-state index contributed by atoms with van der Waals surface area (Å²) in [4.78, 5) is 16.3. The molecule has 0 saturated carbocycles. The quantitative estimate of drug-likeness (QED) is 0.491. The Balaban J connectivity index is 1.33. The maximum atomic E-state index is 13.0. The molecular formula is C23H18FN3O3. The zero-order chi connectivity index (χ0) is 20.8. The standard InChI is InChI=1S/C23H18FN3O3/c24-18-8-12-20(13-9-18)29-19-10-6-17(7-11-19)23-26-22(30-27-23)15-25-21(28)14-16-4-2-1-3-5-16/h1-13H,14-15H2,(H,25,28). The van der Waals surface area contributed by atoms with Gasteiger partial charge in [-0.3, -0.25) is 4.79 Å². The predicted molar refractivity (Wildman–Crippen MR) is 108 cm³/mol. The normalized spacial score (nSPS) is 10.6. The maximum absolute atomic E-state index is 13.0. The van der Waals surface area contributed by atoms with Crippen LogP contribution in [0.5, 0.6) is 11.5 Å². The summed E-state index contributed by atoms with van der Waals surface area (Å²) < 4.78 is 23.8. The Kier molecular flexibility index (Phi) is 5.80. The minimum absolute atomic E-state index is 0.122. The van der Waals surface area contributed by atoms with Gasteiger partial charge >= 0.3 is 0 Å². The van der Waals surface area contributed by atoms with Crippen LogP contribution < -0.4 is 10.1 Å². The minimum Gasteiger partial charge on any atom is -0.457 e. The van der Waals surface area contributed by atoms with Crippen LogP contribution in [0.3, 0.4) is 0 Å². The van der Waals surface area contributed by atoms with Crippen molar-refractivity contribution in [1.82, 2.24) is 15.5 Å². The van der Waals surface area contributed by atoms with Crippen LogP contribution in [0.2, 0.25) is 0 Å². The van der Waals surface area contributed by atoms with Gasteiger partial charge in [0.15, 0.2) is 0 Å². The lowest BCUT2D eigenvalue weighted by atomic mass is 10.1. The first-order chi connectivity index (χ1) is 14.7. The minimum atomic E-state index is -0.318. The van der Waals surface area contributed by atoms with E-state index in [9.17, 15) is 9.18 Å². The fourth-order valence-electron chi connectivity index (χ4n) is 2.77. The number of benzene rings is 3. The number of amides is 1. The van der Waals surface area contributed by atoms with E-state index in [1.165, 1.54) is 12.1 Å². The number of hydrogen-bond donors (Lipinski definition) is 1. The molecule has 0 aliphatic rings. The lowest BCUT2D eigenvalue weighted by molar-refractivity contribution is -0.120. The van der Waals surface area contributed by atoms with E-state index in [2.05, 4.69) is 15.5 Å². The van der Waals surface area contributed by atoms with Crippen LogP contribution in [-0.2, 0) is 17.8 Å². The monoisotopic (exact) mass is 403 g/mol. The summed E-state index contributed by atoms with van der Waals surface area (Å²) in [6, 6.07) is 22.4. The smallest absolute Gasteiger partial charge is 0.246 e. The molecule has 7 heteroatoms. The molecule has 30 heavy (non-hydrogen) atoms. The number of rotatable bonds is 7. The van der Waals surface area contributed by atoms with Gasteiger partial charge in [0.1, 0.15) is 17.3 Å². The summed E-state index contributed by atoms with van der Waals surface area (Å²) in [5, 5.41) is 6.72. The van der Waals surface area contributed by atoms with Gasteiger partial charge in [-0.1, -0.05) is 35.5 Å². The van der Waals surface area contributed by atoms with E-state index in [-0.39, 0.29) is 24.7 Å². The summed E-state index contributed by atoms with van der Waals surface area (Å²) in [7, 11) is 0. The molecule has 0 bridgehead atoms. The van der Waals surface area contributed by atoms with Crippen LogP contribution in [-0.4, -0.2) is 16.0 Å². The predicted octanol–water partition coefficient (Wildman–Crippen LogP) is 4.53. The number of hydrogen-bond acceptors (Lipinski definition) is 5.